The molecule has 1 N–H and O–H groups in total. The Kier molecular flexibility index (Phi) is 4.92. The van der Waals surface area contributed by atoms with Gasteiger partial charge in [0, 0.05) is 35.1 Å². The standard InChI is InChI=1S/C26H18IN3O5/c27-18-13-21(32)17-12-19-15(22(23(17)24(18)33)16-8-4-5-9-20(16)31)10-11-28-25(34)29(26(35)30(19)28)14-6-2-1-3-7-14/h1-10,13,19,22,31H,11-12H2/t19-,22-/m1/s1. The van der Waals surface area contributed by atoms with Crippen LogP contribution >= 0.6 is 22.6 Å². The Morgan fingerprint density at radius 1 is 0.914 bits per heavy atom. The number of hydrogen-bond donors (Lipinski definition) is 1. The van der Waals surface area contributed by atoms with Gasteiger partial charge in [-0.05, 0) is 46.4 Å². The summed E-state index contributed by atoms with van der Waals surface area (Å²) in [6.07, 6.45) is 3.26. The summed E-state index contributed by atoms with van der Waals surface area (Å²) in [6.45, 7) is 0.127. The van der Waals surface area contributed by atoms with Gasteiger partial charge in [-0.2, -0.15) is 0 Å². The normalized spacial score (nSPS) is 21.2. The first-order valence-electron chi connectivity index (χ1n) is 11.1. The number of para-hydroxylation sites is 2. The van der Waals surface area contributed by atoms with Gasteiger partial charge in [-0.15, -0.1) is 0 Å². The van der Waals surface area contributed by atoms with E-state index in [1.807, 2.05) is 28.7 Å². The van der Waals surface area contributed by atoms with Gasteiger partial charge in [0.05, 0.1) is 21.9 Å². The molecular weight excluding hydrogens is 561 g/mol. The maximum absolute atomic E-state index is 13.6. The number of fused-ring (bicyclic) bond motifs is 3. The molecule has 2 aromatic carbocycles. The number of Topliss-reactive ketones (excluding diaryl/α,β-unsaturated/α-hetero) is 1. The highest BCUT2D eigenvalue weighted by Gasteiger charge is 2.45. The third kappa shape index (κ3) is 3.10. The van der Waals surface area contributed by atoms with E-state index < -0.39 is 23.3 Å². The summed E-state index contributed by atoms with van der Waals surface area (Å²) in [5.41, 5.74) is 1.29. The second kappa shape index (κ2) is 7.91. The van der Waals surface area contributed by atoms with Gasteiger partial charge in [0.15, 0.2) is 11.6 Å². The van der Waals surface area contributed by atoms with Crippen LogP contribution in [0.3, 0.4) is 0 Å². The summed E-state index contributed by atoms with van der Waals surface area (Å²) in [7, 11) is 0. The molecule has 1 aromatic heterocycles. The Morgan fingerprint density at radius 2 is 1.63 bits per heavy atom. The number of hydrogen-bond acceptors (Lipinski definition) is 5. The lowest BCUT2D eigenvalue weighted by molar-refractivity contribution is -0.115. The lowest BCUT2D eigenvalue weighted by Gasteiger charge is -2.39. The van der Waals surface area contributed by atoms with E-state index in [0.29, 0.717) is 31.5 Å². The van der Waals surface area contributed by atoms with E-state index in [-0.39, 0.29) is 30.3 Å². The van der Waals surface area contributed by atoms with Crippen molar-refractivity contribution in [1.29, 1.82) is 0 Å². The maximum atomic E-state index is 13.6. The molecule has 6 rings (SSSR count). The smallest absolute Gasteiger partial charge is 0.352 e. The molecule has 0 fully saturated rings. The van der Waals surface area contributed by atoms with Crippen LogP contribution in [-0.2, 0) is 16.1 Å². The number of halogens is 1. The number of ketones is 2. The molecule has 0 radical (unpaired) electrons. The highest BCUT2D eigenvalue weighted by Crippen LogP contribution is 2.51. The molecule has 0 amide bonds. The van der Waals surface area contributed by atoms with Crippen LogP contribution < -0.4 is 11.4 Å². The average molecular weight is 579 g/mol. The number of aromatic hydroxyl groups is 1. The van der Waals surface area contributed by atoms with Gasteiger partial charge in [-0.25, -0.2) is 23.5 Å². The Morgan fingerprint density at radius 3 is 2.37 bits per heavy atom. The van der Waals surface area contributed by atoms with Crippen LogP contribution in [0.25, 0.3) is 5.69 Å². The number of phenolic OH excluding ortho intramolecular Hbond substituents is 1. The van der Waals surface area contributed by atoms with Gasteiger partial charge in [0.1, 0.15) is 5.75 Å². The highest BCUT2D eigenvalue weighted by molar-refractivity contribution is 14.1. The predicted molar refractivity (Wildman–Crippen MR) is 136 cm³/mol. The van der Waals surface area contributed by atoms with Crippen molar-refractivity contribution in [2.24, 2.45) is 0 Å². The van der Waals surface area contributed by atoms with Crippen molar-refractivity contribution < 1.29 is 14.7 Å². The molecule has 0 unspecified atom stereocenters. The van der Waals surface area contributed by atoms with Crippen LogP contribution in [0.1, 0.15) is 23.9 Å². The topological polar surface area (TPSA) is 103 Å². The second-order valence-electron chi connectivity index (χ2n) is 8.66. The first-order chi connectivity index (χ1) is 16.9. The lowest BCUT2D eigenvalue weighted by atomic mass is 9.68. The van der Waals surface area contributed by atoms with E-state index in [9.17, 15) is 24.3 Å². The Hall–Kier alpha value is -3.73. The molecule has 2 aliphatic carbocycles. The van der Waals surface area contributed by atoms with Crippen LogP contribution in [0.2, 0.25) is 0 Å². The maximum Gasteiger partial charge on any atom is 0.352 e. The van der Waals surface area contributed by atoms with E-state index in [1.54, 1.807) is 48.5 Å². The van der Waals surface area contributed by atoms with Crippen molar-refractivity contribution in [3.8, 4) is 11.4 Å². The minimum absolute atomic E-state index is 0.00660. The molecule has 9 heteroatoms. The number of benzene rings is 2. The zero-order valence-corrected chi connectivity index (χ0v) is 20.4. The fourth-order valence-corrected chi connectivity index (χ4v) is 5.93. The first-order valence-corrected chi connectivity index (χ1v) is 12.1. The molecule has 0 spiro atoms. The van der Waals surface area contributed by atoms with Gasteiger partial charge in [0.25, 0.3) is 0 Å². The quantitative estimate of drug-likeness (QED) is 0.286. The average Bonchev–Trinajstić information content (AvgIpc) is 3.12. The molecule has 0 bridgehead atoms. The van der Waals surface area contributed by atoms with Crippen molar-refractivity contribution in [3.63, 3.8) is 0 Å². The van der Waals surface area contributed by atoms with Crippen molar-refractivity contribution in [2.75, 3.05) is 0 Å². The zero-order chi connectivity index (χ0) is 24.4. The fraction of sp³-hybridized carbons (Fsp3) is 0.154. The highest BCUT2D eigenvalue weighted by atomic mass is 127. The summed E-state index contributed by atoms with van der Waals surface area (Å²) in [5.74, 6) is -1.27. The van der Waals surface area contributed by atoms with Crippen LogP contribution in [0.15, 0.2) is 96.6 Å². The Balaban J connectivity index is 1.61. The molecule has 0 saturated heterocycles. The van der Waals surface area contributed by atoms with Crippen LogP contribution in [0.4, 0.5) is 0 Å². The molecule has 35 heavy (non-hydrogen) atoms. The SMILES string of the molecule is O=C1C=C(I)C(=O)C2=C1C[C@@H]1C(=CCn3c(=O)n(-c4ccccc4)c(=O)n31)[C@@H]2c1ccccc1O. The van der Waals surface area contributed by atoms with Crippen molar-refractivity contribution in [2.45, 2.75) is 24.9 Å². The van der Waals surface area contributed by atoms with Crippen LogP contribution in [0.5, 0.6) is 5.75 Å². The second-order valence-corrected chi connectivity index (χ2v) is 9.82. The molecule has 1 aliphatic heterocycles. The van der Waals surface area contributed by atoms with Gasteiger partial charge in [-0.3, -0.25) is 9.59 Å². The largest absolute Gasteiger partial charge is 0.508 e. The zero-order valence-electron chi connectivity index (χ0n) is 18.2. The van der Waals surface area contributed by atoms with Crippen LogP contribution in [-0.4, -0.2) is 30.6 Å². The Labute approximate surface area is 212 Å². The molecule has 174 valence electrons. The molecule has 2 atom stereocenters. The summed E-state index contributed by atoms with van der Waals surface area (Å²) < 4.78 is 4.19. The first kappa shape index (κ1) is 21.8. The van der Waals surface area contributed by atoms with Gasteiger partial charge < -0.3 is 5.11 Å². The molecule has 3 aliphatic rings. The van der Waals surface area contributed by atoms with E-state index in [2.05, 4.69) is 0 Å². The fourth-order valence-electron chi connectivity index (χ4n) is 5.35. The minimum Gasteiger partial charge on any atom is -0.508 e. The summed E-state index contributed by atoms with van der Waals surface area (Å²) in [5, 5.41) is 10.7. The van der Waals surface area contributed by atoms with E-state index in [0.717, 1.165) is 4.57 Å². The summed E-state index contributed by atoms with van der Waals surface area (Å²) >= 11 is 1.86. The molecule has 2 heterocycles. The number of phenols is 1. The number of allylic oxidation sites excluding steroid dienone is 6. The van der Waals surface area contributed by atoms with Crippen molar-refractivity contribution in [1.82, 2.24) is 13.9 Å². The third-order valence-corrected chi connectivity index (χ3v) is 7.66. The summed E-state index contributed by atoms with van der Waals surface area (Å²) in [6, 6.07) is 14.7. The molecule has 8 nitrogen and oxygen atoms in total. The number of nitrogens with zero attached hydrogens (tertiary/aromatic N) is 3. The number of rotatable bonds is 2. The lowest BCUT2D eigenvalue weighted by Crippen LogP contribution is -2.40. The number of aromatic nitrogens is 3. The molecular formula is C26H18IN3O5. The monoisotopic (exact) mass is 579 g/mol. The van der Waals surface area contributed by atoms with E-state index >= 15 is 0 Å². The van der Waals surface area contributed by atoms with Gasteiger partial charge in [-0.1, -0.05) is 42.5 Å². The minimum atomic E-state index is -0.712. The summed E-state index contributed by atoms with van der Waals surface area (Å²) in [4.78, 5) is 53.2. The van der Waals surface area contributed by atoms with E-state index in [4.69, 9.17) is 0 Å². The van der Waals surface area contributed by atoms with E-state index in [1.165, 1.54) is 21.5 Å². The predicted octanol–water partition coefficient (Wildman–Crippen LogP) is 2.94. The number of carbonyl (C=O) groups excluding carboxylic acids is 2. The third-order valence-electron chi connectivity index (χ3n) is 6.86. The van der Waals surface area contributed by atoms with Gasteiger partial charge >= 0.3 is 11.4 Å². The van der Waals surface area contributed by atoms with Crippen LogP contribution in [0, 0.1) is 0 Å². The van der Waals surface area contributed by atoms with Crippen molar-refractivity contribution in [3.05, 3.63) is 114 Å². The van der Waals surface area contributed by atoms with Gasteiger partial charge in [0.2, 0.25) is 0 Å². The molecule has 3 aromatic rings. The number of carbonyl (C=O) groups is 2. The Bertz CT molecular complexity index is 1650. The molecule has 0 saturated carbocycles. The van der Waals surface area contributed by atoms with Crippen molar-refractivity contribution >= 4 is 34.2 Å².